The lowest BCUT2D eigenvalue weighted by molar-refractivity contribution is 0.126. The highest BCUT2D eigenvalue weighted by atomic mass is 16.3. The van der Waals surface area contributed by atoms with Crippen LogP contribution in [0, 0.1) is 5.92 Å². The SMILES string of the molecule is C=CCN1CCC(N2CCC(CO)C2)CC1. The minimum atomic E-state index is 0.367. The standard InChI is InChI=1S/C13H24N2O/c1-2-6-14-7-4-13(5-8-14)15-9-3-12(10-15)11-16/h2,12-13,16H,1,3-11H2. The number of rotatable bonds is 4. The molecule has 1 atom stereocenters. The fourth-order valence-electron chi connectivity index (χ4n) is 2.99. The molecular formula is C13H24N2O. The molecule has 1 N–H and O–H groups in total. The predicted octanol–water partition coefficient (Wildman–Crippen LogP) is 0.951. The number of nitrogens with zero attached hydrogens (tertiary/aromatic N) is 2. The zero-order chi connectivity index (χ0) is 11.4. The van der Waals surface area contributed by atoms with Crippen LogP contribution in [0.1, 0.15) is 19.3 Å². The molecular weight excluding hydrogens is 200 g/mol. The Morgan fingerprint density at radius 2 is 1.94 bits per heavy atom. The minimum absolute atomic E-state index is 0.367. The summed E-state index contributed by atoms with van der Waals surface area (Å²) in [5, 5.41) is 9.15. The van der Waals surface area contributed by atoms with E-state index in [0.29, 0.717) is 12.5 Å². The third kappa shape index (κ3) is 2.84. The number of aliphatic hydroxyl groups is 1. The van der Waals surface area contributed by atoms with Crippen LogP contribution >= 0.6 is 0 Å². The Morgan fingerprint density at radius 3 is 2.50 bits per heavy atom. The van der Waals surface area contributed by atoms with Gasteiger partial charge in [0, 0.05) is 25.7 Å². The second-order valence-corrected chi connectivity index (χ2v) is 5.15. The van der Waals surface area contributed by atoms with Gasteiger partial charge in [-0.15, -0.1) is 6.58 Å². The Balaban J connectivity index is 1.74. The van der Waals surface area contributed by atoms with Crippen molar-refractivity contribution in [1.82, 2.24) is 9.80 Å². The molecule has 2 heterocycles. The predicted molar refractivity (Wildman–Crippen MR) is 66.4 cm³/mol. The number of aliphatic hydroxyl groups excluding tert-OH is 1. The van der Waals surface area contributed by atoms with Crippen LogP contribution in [-0.4, -0.2) is 60.3 Å². The van der Waals surface area contributed by atoms with Gasteiger partial charge >= 0.3 is 0 Å². The molecule has 0 saturated carbocycles. The van der Waals surface area contributed by atoms with Gasteiger partial charge in [0.2, 0.25) is 0 Å². The molecule has 0 aromatic rings. The molecule has 0 aromatic heterocycles. The molecule has 2 saturated heterocycles. The first kappa shape index (κ1) is 12.1. The molecule has 0 aliphatic carbocycles. The fraction of sp³-hybridized carbons (Fsp3) is 0.846. The molecule has 0 bridgehead atoms. The first-order valence-electron chi connectivity index (χ1n) is 6.51. The normalized spacial score (nSPS) is 29.7. The van der Waals surface area contributed by atoms with Crippen LogP contribution in [0.25, 0.3) is 0 Å². The summed E-state index contributed by atoms with van der Waals surface area (Å²) >= 11 is 0. The van der Waals surface area contributed by atoms with Crippen LogP contribution in [0.2, 0.25) is 0 Å². The van der Waals surface area contributed by atoms with Crippen molar-refractivity contribution in [2.75, 3.05) is 39.3 Å². The van der Waals surface area contributed by atoms with Crippen molar-refractivity contribution in [2.45, 2.75) is 25.3 Å². The van der Waals surface area contributed by atoms with E-state index in [1.807, 2.05) is 6.08 Å². The van der Waals surface area contributed by atoms with Crippen molar-refractivity contribution < 1.29 is 5.11 Å². The summed E-state index contributed by atoms with van der Waals surface area (Å²) in [6, 6.07) is 0.762. The zero-order valence-electron chi connectivity index (χ0n) is 10.1. The molecule has 0 amide bonds. The number of hydrogen-bond acceptors (Lipinski definition) is 3. The van der Waals surface area contributed by atoms with Gasteiger partial charge in [-0.2, -0.15) is 0 Å². The van der Waals surface area contributed by atoms with Gasteiger partial charge in [0.05, 0.1) is 0 Å². The molecule has 2 aliphatic heterocycles. The van der Waals surface area contributed by atoms with Crippen LogP contribution in [0.3, 0.4) is 0 Å². The highest BCUT2D eigenvalue weighted by Gasteiger charge is 2.29. The van der Waals surface area contributed by atoms with Crippen LogP contribution in [0.4, 0.5) is 0 Å². The highest BCUT2D eigenvalue weighted by molar-refractivity contribution is 4.86. The van der Waals surface area contributed by atoms with Gasteiger partial charge in [-0.3, -0.25) is 9.80 Å². The number of likely N-dealkylation sites (tertiary alicyclic amines) is 2. The third-order valence-electron chi connectivity index (χ3n) is 4.04. The van der Waals surface area contributed by atoms with Crippen molar-refractivity contribution in [2.24, 2.45) is 5.92 Å². The van der Waals surface area contributed by atoms with Crippen molar-refractivity contribution in [3.8, 4) is 0 Å². The lowest BCUT2D eigenvalue weighted by Crippen LogP contribution is -2.44. The van der Waals surface area contributed by atoms with E-state index in [1.165, 1.54) is 38.9 Å². The molecule has 16 heavy (non-hydrogen) atoms. The molecule has 0 radical (unpaired) electrons. The van der Waals surface area contributed by atoms with E-state index in [9.17, 15) is 0 Å². The first-order valence-corrected chi connectivity index (χ1v) is 6.51. The molecule has 0 aromatic carbocycles. The summed E-state index contributed by atoms with van der Waals surface area (Å²) in [6.45, 7) is 9.91. The molecule has 2 aliphatic rings. The molecule has 2 fully saturated rings. The van der Waals surface area contributed by atoms with Gasteiger partial charge in [-0.25, -0.2) is 0 Å². The maximum atomic E-state index is 9.15. The third-order valence-corrected chi connectivity index (χ3v) is 4.04. The van der Waals surface area contributed by atoms with Gasteiger partial charge in [-0.05, 0) is 44.8 Å². The number of piperidine rings is 1. The quantitative estimate of drug-likeness (QED) is 0.720. The minimum Gasteiger partial charge on any atom is -0.396 e. The average molecular weight is 224 g/mol. The van der Waals surface area contributed by atoms with Crippen molar-refractivity contribution in [1.29, 1.82) is 0 Å². The van der Waals surface area contributed by atoms with Crippen LogP contribution in [-0.2, 0) is 0 Å². The fourth-order valence-corrected chi connectivity index (χ4v) is 2.99. The zero-order valence-corrected chi connectivity index (χ0v) is 10.1. The van der Waals surface area contributed by atoms with Crippen LogP contribution in [0.5, 0.6) is 0 Å². The molecule has 2 rings (SSSR count). The molecule has 0 spiro atoms. The summed E-state index contributed by atoms with van der Waals surface area (Å²) < 4.78 is 0. The Morgan fingerprint density at radius 1 is 1.19 bits per heavy atom. The second-order valence-electron chi connectivity index (χ2n) is 5.15. The van der Waals surface area contributed by atoms with E-state index in [-0.39, 0.29) is 0 Å². The monoisotopic (exact) mass is 224 g/mol. The summed E-state index contributed by atoms with van der Waals surface area (Å²) in [5.74, 6) is 0.534. The van der Waals surface area contributed by atoms with E-state index in [2.05, 4.69) is 16.4 Å². The Labute approximate surface area is 98.7 Å². The van der Waals surface area contributed by atoms with Crippen LogP contribution in [0.15, 0.2) is 12.7 Å². The topological polar surface area (TPSA) is 26.7 Å². The molecule has 3 nitrogen and oxygen atoms in total. The Kier molecular flexibility index (Phi) is 4.38. The smallest absolute Gasteiger partial charge is 0.0471 e. The van der Waals surface area contributed by atoms with Gasteiger partial charge in [-0.1, -0.05) is 6.08 Å². The summed E-state index contributed by atoms with van der Waals surface area (Å²) in [5.41, 5.74) is 0. The van der Waals surface area contributed by atoms with Gasteiger partial charge < -0.3 is 5.11 Å². The second kappa shape index (κ2) is 5.80. The van der Waals surface area contributed by atoms with Gasteiger partial charge in [0.1, 0.15) is 0 Å². The van der Waals surface area contributed by atoms with Crippen molar-refractivity contribution in [3.05, 3.63) is 12.7 Å². The van der Waals surface area contributed by atoms with Gasteiger partial charge in [0.25, 0.3) is 0 Å². The van der Waals surface area contributed by atoms with Crippen LogP contribution < -0.4 is 0 Å². The molecule has 92 valence electrons. The highest BCUT2D eigenvalue weighted by Crippen LogP contribution is 2.23. The summed E-state index contributed by atoms with van der Waals surface area (Å²) in [6.07, 6.45) is 5.75. The van der Waals surface area contributed by atoms with E-state index < -0.39 is 0 Å². The maximum absolute atomic E-state index is 9.15. The lowest BCUT2D eigenvalue weighted by Gasteiger charge is -2.36. The van der Waals surface area contributed by atoms with Gasteiger partial charge in [0.15, 0.2) is 0 Å². The number of hydrogen-bond donors (Lipinski definition) is 1. The van der Waals surface area contributed by atoms with E-state index in [4.69, 9.17) is 5.11 Å². The Hall–Kier alpha value is -0.380. The lowest BCUT2D eigenvalue weighted by atomic mass is 10.0. The van der Waals surface area contributed by atoms with Crippen molar-refractivity contribution in [3.63, 3.8) is 0 Å². The summed E-state index contributed by atoms with van der Waals surface area (Å²) in [7, 11) is 0. The largest absolute Gasteiger partial charge is 0.396 e. The molecule has 1 unspecified atom stereocenters. The van der Waals surface area contributed by atoms with E-state index in [1.54, 1.807) is 0 Å². The first-order chi connectivity index (χ1) is 7.83. The van der Waals surface area contributed by atoms with E-state index >= 15 is 0 Å². The van der Waals surface area contributed by atoms with Crippen molar-refractivity contribution >= 4 is 0 Å². The average Bonchev–Trinajstić information content (AvgIpc) is 2.79. The van der Waals surface area contributed by atoms with E-state index in [0.717, 1.165) is 19.1 Å². The molecule has 3 heteroatoms. The summed E-state index contributed by atoms with van der Waals surface area (Å²) in [4.78, 5) is 5.06. The maximum Gasteiger partial charge on any atom is 0.0471 e. The Bertz CT molecular complexity index is 224.